The third kappa shape index (κ3) is 3.63. The molecule has 0 spiro atoms. The number of nitrogens with zero attached hydrogens (tertiary/aromatic N) is 3. The number of hydrogen-bond acceptors (Lipinski definition) is 4. The van der Waals surface area contributed by atoms with E-state index in [9.17, 15) is 5.11 Å². The normalized spacial score (nSPS) is 35.7. The Morgan fingerprint density at radius 2 is 2.00 bits per heavy atom. The van der Waals surface area contributed by atoms with Crippen molar-refractivity contribution < 1.29 is 9.84 Å². The standard InChI is InChI=1S/C23H33N3O2/c1-22-11-10-19(26(4)16-20-24-12-13-25(20)3)21(27)23(2,28-22)15-18(14-22)17-8-6-5-7-9-17/h5-9,12-13,18-19,21,27H,10-11,14-16H2,1-4H3/t18-,19-,21+,22-,23-/m0/s1. The van der Waals surface area contributed by atoms with Crippen molar-refractivity contribution in [2.24, 2.45) is 7.05 Å². The molecule has 1 N–H and O–H groups in total. The van der Waals surface area contributed by atoms with Gasteiger partial charge in [-0.2, -0.15) is 0 Å². The molecule has 4 rings (SSSR count). The lowest BCUT2D eigenvalue weighted by atomic mass is 9.74. The summed E-state index contributed by atoms with van der Waals surface area (Å²) in [7, 11) is 4.11. The molecule has 152 valence electrons. The minimum Gasteiger partial charge on any atom is -0.388 e. The van der Waals surface area contributed by atoms with E-state index in [0.717, 1.165) is 38.1 Å². The fraction of sp³-hybridized carbons (Fsp3) is 0.609. The van der Waals surface area contributed by atoms with Crippen LogP contribution in [0.5, 0.6) is 0 Å². The summed E-state index contributed by atoms with van der Waals surface area (Å²) in [5, 5.41) is 11.5. The molecule has 1 aromatic heterocycles. The van der Waals surface area contributed by atoms with E-state index in [1.54, 1.807) is 0 Å². The van der Waals surface area contributed by atoms with Crippen LogP contribution >= 0.6 is 0 Å². The highest BCUT2D eigenvalue weighted by molar-refractivity contribution is 5.23. The predicted octanol–water partition coefficient (Wildman–Crippen LogP) is 3.49. The van der Waals surface area contributed by atoms with Gasteiger partial charge in [0.2, 0.25) is 0 Å². The Balaban J connectivity index is 1.59. The third-order valence-corrected chi connectivity index (χ3v) is 6.92. The molecule has 2 fully saturated rings. The van der Waals surface area contributed by atoms with E-state index >= 15 is 0 Å². The molecule has 0 radical (unpaired) electrons. The lowest BCUT2D eigenvalue weighted by Gasteiger charge is -2.49. The van der Waals surface area contributed by atoms with Gasteiger partial charge in [-0.05, 0) is 58.1 Å². The number of aliphatic hydroxyl groups excluding tert-OH is 1. The number of hydrogen-bond donors (Lipinski definition) is 1. The Kier molecular flexibility index (Phi) is 5.10. The van der Waals surface area contributed by atoms with Crippen molar-refractivity contribution in [2.75, 3.05) is 7.05 Å². The van der Waals surface area contributed by atoms with Gasteiger partial charge in [-0.1, -0.05) is 30.3 Å². The lowest BCUT2D eigenvalue weighted by Crippen LogP contribution is -2.57. The second-order valence-corrected chi connectivity index (χ2v) is 9.30. The number of aromatic nitrogens is 2. The molecule has 28 heavy (non-hydrogen) atoms. The largest absolute Gasteiger partial charge is 0.388 e. The summed E-state index contributed by atoms with van der Waals surface area (Å²) in [6, 6.07) is 10.8. The van der Waals surface area contributed by atoms with Crippen LogP contribution in [-0.2, 0) is 18.3 Å². The maximum atomic E-state index is 11.5. The highest BCUT2D eigenvalue weighted by atomic mass is 16.5. The van der Waals surface area contributed by atoms with Gasteiger partial charge in [0, 0.05) is 25.5 Å². The molecule has 2 bridgehead atoms. The van der Waals surface area contributed by atoms with E-state index in [1.807, 2.05) is 24.0 Å². The van der Waals surface area contributed by atoms with Crippen molar-refractivity contribution in [2.45, 2.75) is 75.3 Å². The number of imidazole rings is 1. The van der Waals surface area contributed by atoms with Crippen molar-refractivity contribution in [3.8, 4) is 0 Å². The number of likely N-dealkylation sites (N-methyl/N-ethyl adjacent to an activating group) is 1. The first kappa shape index (κ1) is 19.6. The van der Waals surface area contributed by atoms with E-state index in [-0.39, 0.29) is 11.6 Å². The Labute approximate surface area is 168 Å². The van der Waals surface area contributed by atoms with E-state index in [1.165, 1.54) is 5.56 Å². The molecule has 5 atom stereocenters. The predicted molar refractivity (Wildman–Crippen MR) is 110 cm³/mol. The summed E-state index contributed by atoms with van der Waals surface area (Å²) < 4.78 is 8.67. The summed E-state index contributed by atoms with van der Waals surface area (Å²) in [5.41, 5.74) is 0.605. The van der Waals surface area contributed by atoms with Gasteiger partial charge >= 0.3 is 0 Å². The van der Waals surface area contributed by atoms with E-state index in [2.05, 4.69) is 61.1 Å². The van der Waals surface area contributed by atoms with E-state index < -0.39 is 11.7 Å². The number of ether oxygens (including phenoxy) is 1. The van der Waals surface area contributed by atoms with Crippen LogP contribution in [0.2, 0.25) is 0 Å². The lowest BCUT2D eigenvalue weighted by molar-refractivity contribution is -0.216. The zero-order chi connectivity index (χ0) is 19.9. The van der Waals surface area contributed by atoms with Crippen molar-refractivity contribution in [1.82, 2.24) is 14.5 Å². The molecule has 2 aliphatic rings. The van der Waals surface area contributed by atoms with Gasteiger partial charge in [-0.25, -0.2) is 4.98 Å². The molecular formula is C23H33N3O2. The zero-order valence-corrected chi connectivity index (χ0v) is 17.5. The number of aliphatic hydroxyl groups is 1. The third-order valence-electron chi connectivity index (χ3n) is 6.92. The molecule has 3 heterocycles. The summed E-state index contributed by atoms with van der Waals surface area (Å²) in [6.45, 7) is 5.06. The average Bonchev–Trinajstić information content (AvgIpc) is 3.03. The van der Waals surface area contributed by atoms with Gasteiger partial charge in [0.25, 0.3) is 0 Å². The molecule has 1 aromatic carbocycles. The molecule has 2 aromatic rings. The van der Waals surface area contributed by atoms with Crippen molar-refractivity contribution in [1.29, 1.82) is 0 Å². The van der Waals surface area contributed by atoms with Crippen LogP contribution in [0.4, 0.5) is 0 Å². The molecule has 0 amide bonds. The molecule has 0 unspecified atom stereocenters. The summed E-state index contributed by atoms with van der Waals surface area (Å²) in [4.78, 5) is 6.71. The van der Waals surface area contributed by atoms with Gasteiger partial charge < -0.3 is 14.4 Å². The summed E-state index contributed by atoms with van der Waals surface area (Å²) in [6.07, 6.45) is 7.00. The quantitative estimate of drug-likeness (QED) is 0.878. The van der Waals surface area contributed by atoms with Crippen LogP contribution in [0, 0.1) is 0 Å². The van der Waals surface area contributed by atoms with E-state index in [0.29, 0.717) is 5.92 Å². The maximum Gasteiger partial charge on any atom is 0.122 e. The van der Waals surface area contributed by atoms with Crippen LogP contribution in [-0.4, -0.2) is 50.0 Å². The van der Waals surface area contributed by atoms with Crippen LogP contribution < -0.4 is 0 Å². The Morgan fingerprint density at radius 3 is 2.68 bits per heavy atom. The first-order valence-corrected chi connectivity index (χ1v) is 10.4. The fourth-order valence-electron chi connectivity index (χ4n) is 5.39. The molecule has 2 aliphatic heterocycles. The maximum absolute atomic E-state index is 11.5. The Hall–Kier alpha value is -1.69. The molecule has 5 nitrogen and oxygen atoms in total. The minimum atomic E-state index is -0.551. The molecular weight excluding hydrogens is 350 g/mol. The Morgan fingerprint density at radius 1 is 1.25 bits per heavy atom. The molecule has 2 saturated heterocycles. The number of benzene rings is 1. The van der Waals surface area contributed by atoms with Gasteiger partial charge in [0.1, 0.15) is 5.82 Å². The monoisotopic (exact) mass is 383 g/mol. The zero-order valence-electron chi connectivity index (χ0n) is 17.5. The first-order chi connectivity index (χ1) is 13.3. The SMILES string of the molecule is CN(Cc1nccn1C)[C@H]1CC[C@@]2(C)C[C@H](c3ccccc3)C[C@](C)(O2)[C@@H]1O. The van der Waals surface area contributed by atoms with Crippen LogP contribution in [0.1, 0.15) is 56.8 Å². The number of rotatable bonds is 4. The van der Waals surface area contributed by atoms with Crippen molar-refractivity contribution in [3.05, 3.63) is 54.1 Å². The Bertz CT molecular complexity index is 807. The van der Waals surface area contributed by atoms with Crippen LogP contribution in [0.15, 0.2) is 42.7 Å². The number of fused-ring (bicyclic) bond motifs is 2. The molecule has 0 saturated carbocycles. The van der Waals surface area contributed by atoms with Crippen molar-refractivity contribution >= 4 is 0 Å². The van der Waals surface area contributed by atoms with Crippen LogP contribution in [0.3, 0.4) is 0 Å². The second-order valence-electron chi connectivity index (χ2n) is 9.30. The minimum absolute atomic E-state index is 0.0537. The summed E-state index contributed by atoms with van der Waals surface area (Å²) >= 11 is 0. The van der Waals surface area contributed by atoms with Gasteiger partial charge in [-0.15, -0.1) is 0 Å². The van der Waals surface area contributed by atoms with E-state index in [4.69, 9.17) is 4.74 Å². The second kappa shape index (κ2) is 7.29. The van der Waals surface area contributed by atoms with Gasteiger partial charge in [0.05, 0.1) is 23.9 Å². The highest BCUT2D eigenvalue weighted by Gasteiger charge is 2.53. The first-order valence-electron chi connectivity index (χ1n) is 10.4. The van der Waals surface area contributed by atoms with Crippen LogP contribution in [0.25, 0.3) is 0 Å². The highest BCUT2D eigenvalue weighted by Crippen LogP contribution is 2.50. The molecule has 0 aliphatic carbocycles. The number of aryl methyl sites for hydroxylation is 1. The summed E-state index contributed by atoms with van der Waals surface area (Å²) in [5.74, 6) is 1.43. The van der Waals surface area contributed by atoms with Gasteiger partial charge in [-0.3, -0.25) is 4.90 Å². The van der Waals surface area contributed by atoms with Crippen molar-refractivity contribution in [3.63, 3.8) is 0 Å². The topological polar surface area (TPSA) is 50.5 Å². The van der Waals surface area contributed by atoms with Gasteiger partial charge in [0.15, 0.2) is 0 Å². The average molecular weight is 384 g/mol. The molecule has 5 heteroatoms. The fourth-order valence-corrected chi connectivity index (χ4v) is 5.39. The smallest absolute Gasteiger partial charge is 0.122 e.